The maximum absolute atomic E-state index is 11.1. The van der Waals surface area contributed by atoms with Crippen LogP contribution in [0.5, 0.6) is 0 Å². The van der Waals surface area contributed by atoms with E-state index in [4.69, 9.17) is 0 Å². The Morgan fingerprint density at radius 2 is 1.37 bits per heavy atom. The number of carbonyl (C=O) groups is 1. The minimum Gasteiger partial charge on any atom is -0.300 e. The van der Waals surface area contributed by atoms with Gasteiger partial charge in [0.1, 0.15) is 5.78 Å². The minimum absolute atomic E-state index is 0.203. The van der Waals surface area contributed by atoms with Crippen molar-refractivity contribution in [3.63, 3.8) is 0 Å². The van der Waals surface area contributed by atoms with Gasteiger partial charge in [-0.15, -0.1) is 0 Å². The van der Waals surface area contributed by atoms with Gasteiger partial charge in [-0.25, -0.2) is 0 Å². The predicted octanol–water partition coefficient (Wildman–Crippen LogP) is 4.61. The summed E-state index contributed by atoms with van der Waals surface area (Å²) in [5, 5.41) is 0. The lowest BCUT2D eigenvalue weighted by atomic mass is 9.98. The second-order valence-electron chi connectivity index (χ2n) is 5.35. The Morgan fingerprint density at radius 3 is 1.79 bits per heavy atom. The van der Waals surface area contributed by atoms with E-state index in [0.717, 1.165) is 5.56 Å². The molecule has 19 heavy (non-hydrogen) atoms. The first-order valence-corrected chi connectivity index (χ1v) is 6.75. The third-order valence-electron chi connectivity index (χ3n) is 3.32. The lowest BCUT2D eigenvalue weighted by Crippen LogP contribution is -1.95. The molecule has 0 heterocycles. The summed E-state index contributed by atoms with van der Waals surface area (Å²) in [6, 6.07) is 16.9. The van der Waals surface area contributed by atoms with Crippen molar-refractivity contribution in [2.45, 2.75) is 33.1 Å². The summed E-state index contributed by atoms with van der Waals surface area (Å²) in [5.74, 6) is 0.765. The van der Waals surface area contributed by atoms with E-state index in [-0.39, 0.29) is 5.78 Å². The second-order valence-corrected chi connectivity index (χ2v) is 5.35. The Kier molecular flexibility index (Phi) is 4.16. The number of hydrogen-bond donors (Lipinski definition) is 0. The number of carbonyl (C=O) groups excluding carboxylic acids is 1. The first-order valence-electron chi connectivity index (χ1n) is 6.75. The van der Waals surface area contributed by atoms with Gasteiger partial charge in [-0.3, -0.25) is 4.79 Å². The molecule has 0 amide bonds. The Hall–Kier alpha value is -1.89. The molecule has 0 unspecified atom stereocenters. The molecule has 0 atom stereocenters. The van der Waals surface area contributed by atoms with Crippen molar-refractivity contribution in [1.29, 1.82) is 0 Å². The highest BCUT2D eigenvalue weighted by Gasteiger charge is 2.02. The number of rotatable bonds is 4. The lowest BCUT2D eigenvalue weighted by Gasteiger charge is -2.07. The molecule has 0 aliphatic heterocycles. The number of benzene rings is 2. The smallest absolute Gasteiger partial charge is 0.134 e. The van der Waals surface area contributed by atoms with Gasteiger partial charge in [-0.2, -0.15) is 0 Å². The molecule has 2 rings (SSSR count). The monoisotopic (exact) mass is 252 g/mol. The van der Waals surface area contributed by atoms with Crippen LogP contribution in [0.1, 0.15) is 37.8 Å². The Balaban J connectivity index is 2.19. The quantitative estimate of drug-likeness (QED) is 0.776. The summed E-state index contributed by atoms with van der Waals surface area (Å²) in [6.45, 7) is 6.02. The van der Waals surface area contributed by atoms with Crippen LogP contribution in [-0.4, -0.2) is 5.78 Å². The summed E-state index contributed by atoms with van der Waals surface area (Å²) in [6.07, 6.45) is 0.520. The largest absolute Gasteiger partial charge is 0.300 e. The van der Waals surface area contributed by atoms with E-state index < -0.39 is 0 Å². The van der Waals surface area contributed by atoms with Gasteiger partial charge in [-0.05, 0) is 35.1 Å². The van der Waals surface area contributed by atoms with Crippen molar-refractivity contribution < 1.29 is 4.79 Å². The molecule has 0 aliphatic rings. The number of Topliss-reactive ketones (excluding diaryl/α,β-unsaturated/α-hetero) is 1. The van der Waals surface area contributed by atoms with E-state index in [9.17, 15) is 4.79 Å². The zero-order valence-electron chi connectivity index (χ0n) is 11.8. The molecule has 0 fully saturated rings. The molecule has 2 aromatic rings. The zero-order chi connectivity index (χ0) is 13.8. The molecule has 0 aromatic heterocycles. The molecule has 0 aliphatic carbocycles. The van der Waals surface area contributed by atoms with Crippen molar-refractivity contribution in [1.82, 2.24) is 0 Å². The molecule has 1 heteroatoms. The molecular formula is C18H20O. The van der Waals surface area contributed by atoms with Crippen LogP contribution < -0.4 is 0 Å². The summed E-state index contributed by atoms with van der Waals surface area (Å²) in [7, 11) is 0. The Morgan fingerprint density at radius 1 is 0.895 bits per heavy atom. The predicted molar refractivity (Wildman–Crippen MR) is 80.4 cm³/mol. The van der Waals surface area contributed by atoms with Crippen LogP contribution in [-0.2, 0) is 11.2 Å². The fourth-order valence-electron chi connectivity index (χ4n) is 2.16. The summed E-state index contributed by atoms with van der Waals surface area (Å²) in [4.78, 5) is 11.1. The van der Waals surface area contributed by atoms with Gasteiger partial charge in [0.25, 0.3) is 0 Å². The van der Waals surface area contributed by atoms with Crippen molar-refractivity contribution >= 4 is 5.78 Å². The fraction of sp³-hybridized carbons (Fsp3) is 0.278. The molecule has 0 bridgehead atoms. The summed E-state index contributed by atoms with van der Waals surface area (Å²) in [5.41, 5.74) is 4.85. The van der Waals surface area contributed by atoms with E-state index in [0.29, 0.717) is 12.3 Å². The van der Waals surface area contributed by atoms with E-state index in [1.54, 1.807) is 6.92 Å². The van der Waals surface area contributed by atoms with Crippen LogP contribution in [0.4, 0.5) is 0 Å². The first kappa shape index (κ1) is 13.5. The second kappa shape index (κ2) is 5.83. The first-order chi connectivity index (χ1) is 9.06. The number of hydrogen-bond acceptors (Lipinski definition) is 1. The van der Waals surface area contributed by atoms with E-state index >= 15 is 0 Å². The van der Waals surface area contributed by atoms with Crippen LogP contribution in [0.15, 0.2) is 48.5 Å². The van der Waals surface area contributed by atoms with Crippen LogP contribution in [0.2, 0.25) is 0 Å². The standard InChI is InChI=1S/C18H20O/c1-13(2)16-8-10-18(11-9-16)17-6-4-15(5-7-17)12-14(3)19/h4-11,13H,12H2,1-3H3. The molecule has 0 radical (unpaired) electrons. The maximum atomic E-state index is 11.1. The number of ketones is 1. The Bertz CT molecular complexity index is 547. The van der Waals surface area contributed by atoms with Crippen LogP contribution in [0, 0.1) is 0 Å². The van der Waals surface area contributed by atoms with Gasteiger partial charge in [0.15, 0.2) is 0 Å². The SMILES string of the molecule is CC(=O)Cc1ccc(-c2ccc(C(C)C)cc2)cc1. The highest BCUT2D eigenvalue weighted by Crippen LogP contribution is 2.23. The summed E-state index contributed by atoms with van der Waals surface area (Å²) >= 11 is 0. The zero-order valence-corrected chi connectivity index (χ0v) is 11.8. The van der Waals surface area contributed by atoms with Gasteiger partial charge < -0.3 is 0 Å². The third kappa shape index (κ3) is 3.54. The average molecular weight is 252 g/mol. The topological polar surface area (TPSA) is 17.1 Å². The summed E-state index contributed by atoms with van der Waals surface area (Å²) < 4.78 is 0. The molecule has 1 nitrogen and oxygen atoms in total. The highest BCUT2D eigenvalue weighted by molar-refractivity contribution is 5.78. The van der Waals surface area contributed by atoms with Crippen molar-refractivity contribution in [3.8, 4) is 11.1 Å². The van der Waals surface area contributed by atoms with Crippen LogP contribution in [0.3, 0.4) is 0 Å². The van der Waals surface area contributed by atoms with Crippen molar-refractivity contribution in [2.75, 3.05) is 0 Å². The molecule has 0 spiro atoms. The van der Waals surface area contributed by atoms with E-state index in [1.807, 2.05) is 12.1 Å². The normalized spacial score (nSPS) is 10.7. The highest BCUT2D eigenvalue weighted by atomic mass is 16.1. The van der Waals surface area contributed by atoms with Gasteiger partial charge in [-0.1, -0.05) is 62.4 Å². The fourth-order valence-corrected chi connectivity index (χ4v) is 2.16. The lowest BCUT2D eigenvalue weighted by molar-refractivity contribution is -0.116. The molecule has 98 valence electrons. The molecule has 0 saturated heterocycles. The molecule has 0 saturated carbocycles. The van der Waals surface area contributed by atoms with E-state index in [2.05, 4.69) is 50.2 Å². The average Bonchev–Trinajstić information content (AvgIpc) is 2.39. The van der Waals surface area contributed by atoms with Gasteiger partial charge in [0, 0.05) is 6.42 Å². The Labute approximate surface area is 115 Å². The maximum Gasteiger partial charge on any atom is 0.134 e. The molecular weight excluding hydrogens is 232 g/mol. The minimum atomic E-state index is 0.203. The van der Waals surface area contributed by atoms with Crippen LogP contribution >= 0.6 is 0 Å². The van der Waals surface area contributed by atoms with Crippen LogP contribution in [0.25, 0.3) is 11.1 Å². The molecule has 0 N–H and O–H groups in total. The van der Waals surface area contributed by atoms with E-state index in [1.165, 1.54) is 16.7 Å². The molecule has 2 aromatic carbocycles. The van der Waals surface area contributed by atoms with Crippen molar-refractivity contribution in [2.24, 2.45) is 0 Å². The van der Waals surface area contributed by atoms with Crippen molar-refractivity contribution in [3.05, 3.63) is 59.7 Å². The third-order valence-corrected chi connectivity index (χ3v) is 3.32. The van der Waals surface area contributed by atoms with Gasteiger partial charge >= 0.3 is 0 Å². The van der Waals surface area contributed by atoms with Gasteiger partial charge in [0.2, 0.25) is 0 Å². The van der Waals surface area contributed by atoms with Gasteiger partial charge in [0.05, 0.1) is 0 Å².